The van der Waals surface area contributed by atoms with Gasteiger partial charge in [-0.1, -0.05) is 239 Å². The lowest BCUT2D eigenvalue weighted by atomic mass is 9.33. The normalized spacial score (nSPS) is 34.2. The zero-order valence-corrected chi connectivity index (χ0v) is 77.6. The molecule has 0 radical (unpaired) electrons. The van der Waals surface area contributed by atoms with E-state index >= 15 is 9.59 Å². The Balaban J connectivity index is 0.854. The lowest BCUT2D eigenvalue weighted by molar-refractivity contribution is -0.366. The van der Waals surface area contributed by atoms with Crippen LogP contribution in [-0.4, -0.2) is 155 Å². The van der Waals surface area contributed by atoms with Crippen LogP contribution in [-0.2, 0) is 118 Å². The van der Waals surface area contributed by atoms with Crippen LogP contribution in [0.3, 0.4) is 0 Å². The number of fused-ring (bicyclic) bond motifs is 8. The van der Waals surface area contributed by atoms with E-state index in [-0.39, 0.29) is 86.0 Å². The van der Waals surface area contributed by atoms with Gasteiger partial charge in [0.2, 0.25) is 12.2 Å². The van der Waals surface area contributed by atoms with Crippen molar-refractivity contribution >= 4 is 32.1 Å². The molecule has 5 aromatic carbocycles. The highest BCUT2D eigenvalue weighted by molar-refractivity contribution is 6.73. The summed E-state index contributed by atoms with van der Waals surface area (Å²) in [6, 6.07) is 51.3. The minimum atomic E-state index is -2.60. The number of carbonyl (C=O) groups excluding carboxylic acids is 4. The molecule has 678 valence electrons. The molecule has 2 N–H and O–H groups in total. The first-order valence-corrected chi connectivity index (χ1v) is 49.0. The smallest absolute Gasteiger partial charge is 0.407 e. The van der Waals surface area contributed by atoms with Crippen molar-refractivity contribution in [1.82, 2.24) is 10.6 Å². The highest BCUT2D eigenvalue weighted by atomic mass is 28.4. The number of hydrogen-bond acceptors (Lipinski definition) is 19. The molecule has 0 spiro atoms. The van der Waals surface area contributed by atoms with Crippen molar-refractivity contribution in [1.29, 1.82) is 0 Å². The van der Waals surface area contributed by atoms with Crippen molar-refractivity contribution in [3.8, 4) is 0 Å². The number of rotatable bonds is 34. The fourth-order valence-corrected chi connectivity index (χ4v) is 25.9. The maximum atomic E-state index is 17.8. The third-order valence-electron chi connectivity index (χ3n) is 30.2. The van der Waals surface area contributed by atoms with E-state index in [1.165, 1.54) is 5.57 Å². The molecule has 5 aromatic rings. The number of carbonyl (C=O) groups is 4. The highest BCUT2D eigenvalue weighted by Gasteiger charge is 2.73. The van der Waals surface area contributed by atoms with Crippen molar-refractivity contribution in [3.63, 3.8) is 0 Å². The summed E-state index contributed by atoms with van der Waals surface area (Å²) in [4.78, 5) is 59.8. The number of esters is 1. The molecule has 14 rings (SSSR count). The molecule has 4 aliphatic heterocycles. The molecule has 2 amide bonds. The van der Waals surface area contributed by atoms with E-state index < -0.39 is 140 Å². The van der Waals surface area contributed by atoms with Gasteiger partial charge in [-0.15, -0.1) is 0 Å². The molecule has 4 saturated heterocycles. The number of allylic oxidation sites excluding steroid dienone is 2. The van der Waals surface area contributed by atoms with Gasteiger partial charge in [-0.05, 0) is 191 Å². The molecule has 8 fully saturated rings. The Morgan fingerprint density at radius 3 is 1.72 bits per heavy atom. The Bertz CT molecular complexity index is 4350. The Kier molecular flexibility index (Phi) is 29.7. The van der Waals surface area contributed by atoms with Gasteiger partial charge in [0.15, 0.2) is 32.8 Å². The van der Waals surface area contributed by atoms with Crippen molar-refractivity contribution in [3.05, 3.63) is 191 Å². The van der Waals surface area contributed by atoms with Crippen LogP contribution in [0.2, 0.25) is 18.1 Å². The number of hydrogen-bond donors (Lipinski definition) is 2. The zero-order valence-electron chi connectivity index (χ0n) is 76.6. The van der Waals surface area contributed by atoms with Gasteiger partial charge in [-0.3, -0.25) is 14.4 Å². The molecule has 22 heteroatoms. The first-order valence-electron chi connectivity index (χ1n) is 46.5. The lowest BCUT2D eigenvalue weighted by Gasteiger charge is -2.71. The van der Waals surface area contributed by atoms with E-state index in [4.69, 9.17) is 70.7 Å². The number of alkyl carbamates (subject to hydrolysis) is 1. The van der Waals surface area contributed by atoms with E-state index in [0.29, 0.717) is 63.9 Å². The standard InChI is InChI=1S/C102H142N2O19Si/c1-17-124(18-2,19-3)123-80-59-101(16)73(49-50-78-99(14)53-52-79(105)97(10,11)77(99)51-54-100(78,101)15)74-58-96(8,9)55-56-102(74,80)93(107)119-91-88(85(112-63-71-44-32-23-33-45-71)82(75(116-91)65-109-60-68-38-26-20-27-39-68)104-81(106)48-36-25-37-57-103-94(108)122-95(5,6)7)118-92-89-86(120-98(12,13)121-89)83(67(4)115-92)117-90-87(113-64-72-46-34-24-35-47-72)84(111-62-70-42-30-22-31-43-70)76(66-114-90)110-61-69-40-28-21-29-41-69/h20-24,26-35,38-47,49,67,74-78,80,82-92H,17-19,25,36-37,48,50-66H2,1-16H3,(H,103,108)(H,104,106)/t67-,74-,75+,76+,77-,78+,80+,82-,83-,84-,85-,86+,87+,88+,89+,90-,91-,92-,99-,100+,101+,102+/m0/s1. The van der Waals surface area contributed by atoms with Crippen LogP contribution in [0.1, 0.15) is 222 Å². The summed E-state index contributed by atoms with van der Waals surface area (Å²) in [5.74, 6) is -1.38. The predicted molar refractivity (Wildman–Crippen MR) is 475 cm³/mol. The second-order valence-electron chi connectivity index (χ2n) is 40.5. The third-order valence-corrected chi connectivity index (χ3v) is 34.8. The fraction of sp³-hybridized carbons (Fsp3) is 0.647. The number of nitrogens with one attached hydrogen (secondary N) is 2. The number of Topliss-reactive ketones (excluding diaryl/α,β-unsaturated/α-hetero) is 1. The van der Waals surface area contributed by atoms with Crippen LogP contribution in [0, 0.1) is 50.2 Å². The van der Waals surface area contributed by atoms with E-state index in [1.807, 2.05) is 193 Å². The molecular weight excluding hydrogens is 1590 g/mol. The summed E-state index contributed by atoms with van der Waals surface area (Å²) in [7, 11) is -2.60. The molecule has 4 saturated carbocycles. The Labute approximate surface area is 738 Å². The van der Waals surface area contributed by atoms with Gasteiger partial charge >= 0.3 is 12.1 Å². The minimum Gasteiger partial charge on any atom is -0.444 e. The largest absolute Gasteiger partial charge is 0.444 e. The van der Waals surface area contributed by atoms with Crippen LogP contribution >= 0.6 is 0 Å². The highest BCUT2D eigenvalue weighted by Crippen LogP contribution is 2.76. The van der Waals surface area contributed by atoms with Crippen molar-refractivity contribution in [2.24, 2.45) is 50.2 Å². The van der Waals surface area contributed by atoms with Crippen molar-refractivity contribution < 1.29 is 89.9 Å². The number of unbranched alkanes of at least 4 members (excludes halogenated alkanes) is 2. The van der Waals surface area contributed by atoms with Crippen molar-refractivity contribution in [2.45, 2.75) is 349 Å². The fourth-order valence-electron chi connectivity index (χ4n) is 23.0. The molecule has 4 heterocycles. The van der Waals surface area contributed by atoms with Gasteiger partial charge in [0, 0.05) is 24.8 Å². The summed E-state index contributed by atoms with van der Waals surface area (Å²) in [6.45, 7) is 36.0. The quantitative estimate of drug-likeness (QED) is 0.0169. The first-order chi connectivity index (χ1) is 59.2. The van der Waals surface area contributed by atoms with E-state index in [9.17, 15) is 9.59 Å². The molecule has 124 heavy (non-hydrogen) atoms. The predicted octanol–water partition coefficient (Wildman–Crippen LogP) is 19.1. The van der Waals surface area contributed by atoms with Crippen LogP contribution in [0.25, 0.3) is 0 Å². The van der Waals surface area contributed by atoms with Crippen molar-refractivity contribution in [2.75, 3.05) is 19.8 Å². The molecule has 9 aliphatic rings. The molecule has 0 aromatic heterocycles. The van der Waals surface area contributed by atoms with Crippen LogP contribution in [0.4, 0.5) is 4.79 Å². The second-order valence-corrected chi connectivity index (χ2v) is 45.3. The number of ether oxygens (including phenoxy) is 14. The molecule has 0 bridgehead atoms. The zero-order chi connectivity index (χ0) is 88.0. The second kappa shape index (κ2) is 39.4. The SMILES string of the molecule is CC[Si](CC)(CC)O[C@@H]1C[C@]2(C)C(=CC[C@@H]3[C@@]4(C)CCC(=O)C(C)(C)[C@@H]4CC[C@]32C)[C@@H]2CC(C)(C)CC[C@]12C(=O)O[C@@H]1O[C@H](COCc2ccccc2)[C@H](NC(=O)CCCCCNC(=O)OC(C)(C)C)[C@H](OCc2ccccc2)[C@H]1O[C@@H]1O[C@@H](C)[C@H](O[C@@H]2OC[C@@H](OCc3ccccc3)[C@H](OCc3ccccc3)[C@H]2OCc2ccccc2)[C@H]2OC(C)(C)O[C@@H]12. The van der Waals surface area contributed by atoms with Gasteiger partial charge < -0.3 is 81.4 Å². The molecule has 5 aliphatic carbocycles. The lowest BCUT2D eigenvalue weighted by Crippen LogP contribution is -2.70. The summed E-state index contributed by atoms with van der Waals surface area (Å²) in [5.41, 5.74) is 2.74. The average Bonchev–Trinajstić information content (AvgIpc) is 0.774. The van der Waals surface area contributed by atoms with Gasteiger partial charge in [0.25, 0.3) is 0 Å². The summed E-state index contributed by atoms with van der Waals surface area (Å²) in [5, 5.41) is 6.30. The molecule has 22 atom stereocenters. The molecule has 0 unspecified atom stereocenters. The van der Waals surface area contributed by atoms with Gasteiger partial charge in [0.05, 0.1) is 69.9 Å². The summed E-state index contributed by atoms with van der Waals surface area (Å²) < 4.78 is 108. The first kappa shape index (κ1) is 93.6. The van der Waals surface area contributed by atoms with Gasteiger partial charge in [0.1, 0.15) is 60.2 Å². The minimum absolute atomic E-state index is 0.0369. The Hall–Kier alpha value is -6.58. The number of amides is 2. The van der Waals surface area contributed by atoms with E-state index in [0.717, 1.165) is 78.1 Å². The van der Waals surface area contributed by atoms with Gasteiger partial charge in [-0.2, -0.15) is 0 Å². The summed E-state index contributed by atoms with van der Waals surface area (Å²) >= 11 is 0. The van der Waals surface area contributed by atoms with E-state index in [1.54, 1.807) is 0 Å². The maximum absolute atomic E-state index is 17.8. The number of ketones is 1. The van der Waals surface area contributed by atoms with E-state index in [2.05, 4.69) is 85.9 Å². The van der Waals surface area contributed by atoms with Crippen LogP contribution < -0.4 is 10.6 Å². The number of benzene rings is 5. The molecular formula is C102H142N2O19Si. The Morgan fingerprint density at radius 2 is 1.13 bits per heavy atom. The maximum Gasteiger partial charge on any atom is 0.407 e. The third kappa shape index (κ3) is 20.5. The summed E-state index contributed by atoms with van der Waals surface area (Å²) in [6.07, 6.45) is -3.36. The van der Waals surface area contributed by atoms with Crippen LogP contribution in [0.15, 0.2) is 163 Å². The monoisotopic (exact) mass is 1730 g/mol. The van der Waals surface area contributed by atoms with Crippen LogP contribution in [0.5, 0.6) is 0 Å². The topological polar surface area (TPSA) is 231 Å². The molecule has 21 nitrogen and oxygen atoms in total. The van der Waals surface area contributed by atoms with Gasteiger partial charge in [-0.25, -0.2) is 4.79 Å². The average molecular weight is 1730 g/mol. The Morgan fingerprint density at radius 1 is 0.573 bits per heavy atom.